The van der Waals surface area contributed by atoms with Gasteiger partial charge in [-0.25, -0.2) is 8.78 Å². The van der Waals surface area contributed by atoms with Crippen LogP contribution in [0.5, 0.6) is 0 Å². The van der Waals surface area contributed by atoms with Gasteiger partial charge in [-0.2, -0.15) is 0 Å². The molecule has 0 spiro atoms. The van der Waals surface area contributed by atoms with Crippen LogP contribution < -0.4 is 10.4 Å². The fourth-order valence-electron chi connectivity index (χ4n) is 6.66. The molecule has 1 aliphatic heterocycles. The van der Waals surface area contributed by atoms with Crippen LogP contribution in [-0.2, 0) is 0 Å². The lowest BCUT2D eigenvalue weighted by molar-refractivity contribution is 0.116. The molecule has 1 saturated heterocycles. The van der Waals surface area contributed by atoms with Crippen molar-refractivity contribution in [2.24, 2.45) is 5.92 Å². The summed E-state index contributed by atoms with van der Waals surface area (Å²) >= 11 is 0. The van der Waals surface area contributed by atoms with Crippen molar-refractivity contribution in [1.82, 2.24) is 0 Å². The van der Waals surface area contributed by atoms with Crippen LogP contribution in [0.4, 0.5) is 8.78 Å². The SMILES string of the molecule is FC1=C(c2ccccc2-c2ccccc2)C=CC(F)(C2CC[Si](c3ccccc3)(c3ccccc3)CC2)C1. The Balaban J connectivity index is 1.26. The second-order valence-electron chi connectivity index (χ2n) is 10.8. The molecule has 0 radical (unpaired) electrons. The van der Waals surface area contributed by atoms with E-state index in [0.717, 1.165) is 41.6 Å². The molecule has 0 aromatic heterocycles. The van der Waals surface area contributed by atoms with E-state index in [0.29, 0.717) is 5.57 Å². The van der Waals surface area contributed by atoms with Gasteiger partial charge in [0.05, 0.1) is 0 Å². The molecular weight excluding hydrogens is 486 g/mol. The number of allylic oxidation sites excluding steroid dienone is 4. The van der Waals surface area contributed by atoms with Crippen molar-refractivity contribution in [3.8, 4) is 11.1 Å². The third-order valence-corrected chi connectivity index (χ3v) is 13.9. The van der Waals surface area contributed by atoms with Crippen LogP contribution in [0.25, 0.3) is 16.7 Å². The molecule has 1 aliphatic carbocycles. The van der Waals surface area contributed by atoms with Gasteiger partial charge >= 0.3 is 0 Å². The Bertz CT molecular complexity index is 1410. The average Bonchev–Trinajstić information content (AvgIpc) is 2.99. The Morgan fingerprint density at radius 1 is 0.632 bits per heavy atom. The van der Waals surface area contributed by atoms with Gasteiger partial charge in [-0.3, -0.25) is 0 Å². The standard InChI is InChI=1S/C35H32F2Si/c36-34-26-35(37,23-20-33(34)32-19-11-10-18-31(32)27-12-4-1-5-13-27)28-21-24-38(25-22-28,29-14-6-2-7-15-29)30-16-8-3-9-17-30/h1-20,23,28H,21-22,24-26H2. The lowest BCUT2D eigenvalue weighted by atomic mass is 9.77. The molecule has 0 saturated carbocycles. The number of alkyl halides is 1. The molecule has 4 aromatic rings. The zero-order valence-corrected chi connectivity index (χ0v) is 22.5. The van der Waals surface area contributed by atoms with Crippen LogP contribution in [-0.4, -0.2) is 13.7 Å². The second-order valence-corrected chi connectivity index (χ2v) is 15.1. The monoisotopic (exact) mass is 518 g/mol. The van der Waals surface area contributed by atoms with E-state index in [-0.39, 0.29) is 18.2 Å². The first kappa shape index (κ1) is 24.8. The maximum absolute atomic E-state index is 16.5. The fraction of sp³-hybridized carbons (Fsp3) is 0.200. The molecule has 6 rings (SSSR count). The molecule has 3 heteroatoms. The quantitative estimate of drug-likeness (QED) is 0.233. The molecular formula is C35H32F2Si. The van der Waals surface area contributed by atoms with Gasteiger partial charge in [-0.1, -0.05) is 132 Å². The Hall–Kier alpha value is -3.56. The molecule has 1 heterocycles. The normalized spacial score (nSPS) is 21.4. The maximum atomic E-state index is 16.5. The van der Waals surface area contributed by atoms with Crippen molar-refractivity contribution in [2.75, 3.05) is 0 Å². The van der Waals surface area contributed by atoms with Crippen LogP contribution in [0.3, 0.4) is 0 Å². The first-order valence-electron chi connectivity index (χ1n) is 13.6. The lowest BCUT2D eigenvalue weighted by Gasteiger charge is -2.43. The highest BCUT2D eigenvalue weighted by atomic mass is 28.3. The molecule has 0 N–H and O–H groups in total. The van der Waals surface area contributed by atoms with Crippen molar-refractivity contribution in [3.05, 3.63) is 139 Å². The van der Waals surface area contributed by atoms with Gasteiger partial charge in [0.15, 0.2) is 0 Å². The third-order valence-electron chi connectivity index (χ3n) is 8.72. The fourth-order valence-corrected chi connectivity index (χ4v) is 11.7. The van der Waals surface area contributed by atoms with Crippen molar-refractivity contribution >= 4 is 24.0 Å². The van der Waals surface area contributed by atoms with Crippen LogP contribution in [0.1, 0.15) is 24.8 Å². The first-order chi connectivity index (χ1) is 18.6. The topological polar surface area (TPSA) is 0 Å². The van der Waals surface area contributed by atoms with Crippen molar-refractivity contribution in [1.29, 1.82) is 0 Å². The Morgan fingerprint density at radius 3 is 1.68 bits per heavy atom. The highest BCUT2D eigenvalue weighted by Gasteiger charge is 2.47. The first-order valence-corrected chi connectivity index (χ1v) is 16.0. The summed E-state index contributed by atoms with van der Waals surface area (Å²) in [6.45, 7) is 0. The highest BCUT2D eigenvalue weighted by Crippen LogP contribution is 2.47. The molecule has 0 nitrogen and oxygen atoms in total. The molecule has 1 unspecified atom stereocenters. The molecule has 4 aromatic carbocycles. The van der Waals surface area contributed by atoms with Crippen molar-refractivity contribution in [2.45, 2.75) is 37.0 Å². The number of hydrogen-bond donors (Lipinski definition) is 0. The summed E-state index contributed by atoms with van der Waals surface area (Å²) in [7, 11) is -2.00. The predicted molar refractivity (Wildman–Crippen MR) is 158 cm³/mol. The van der Waals surface area contributed by atoms with E-state index in [2.05, 4.69) is 60.7 Å². The van der Waals surface area contributed by atoms with Crippen LogP contribution in [0.2, 0.25) is 12.1 Å². The molecule has 190 valence electrons. The molecule has 2 aliphatic rings. The number of hydrogen-bond acceptors (Lipinski definition) is 0. The van der Waals surface area contributed by atoms with Gasteiger partial charge in [0, 0.05) is 12.0 Å². The Kier molecular flexibility index (Phi) is 6.71. The molecule has 0 amide bonds. The molecule has 1 atom stereocenters. The molecule has 38 heavy (non-hydrogen) atoms. The van der Waals surface area contributed by atoms with E-state index in [9.17, 15) is 0 Å². The van der Waals surface area contributed by atoms with Gasteiger partial charge in [-0.15, -0.1) is 0 Å². The van der Waals surface area contributed by atoms with Crippen LogP contribution in [0, 0.1) is 5.92 Å². The van der Waals surface area contributed by atoms with Gasteiger partial charge in [-0.05, 0) is 53.6 Å². The summed E-state index contributed by atoms with van der Waals surface area (Å²) in [5, 5.41) is 2.84. The lowest BCUT2D eigenvalue weighted by Crippen LogP contribution is -2.60. The summed E-state index contributed by atoms with van der Waals surface area (Å²) in [5.41, 5.74) is 1.67. The summed E-state index contributed by atoms with van der Waals surface area (Å²) < 4.78 is 32.3. The predicted octanol–water partition coefficient (Wildman–Crippen LogP) is 8.38. The van der Waals surface area contributed by atoms with Crippen molar-refractivity contribution in [3.63, 3.8) is 0 Å². The number of rotatable bonds is 5. The molecule has 1 fully saturated rings. The van der Waals surface area contributed by atoms with Crippen LogP contribution >= 0.6 is 0 Å². The van der Waals surface area contributed by atoms with Crippen LogP contribution in [0.15, 0.2) is 133 Å². The van der Waals surface area contributed by atoms with E-state index < -0.39 is 13.7 Å². The van der Waals surface area contributed by atoms with E-state index in [4.69, 9.17) is 0 Å². The summed E-state index contributed by atoms with van der Waals surface area (Å²) in [5.74, 6) is -0.526. The summed E-state index contributed by atoms with van der Waals surface area (Å²) in [6.07, 6.45) is 4.74. The summed E-state index contributed by atoms with van der Waals surface area (Å²) in [6, 6.07) is 41.4. The average molecular weight is 519 g/mol. The largest absolute Gasteiger partial charge is 0.239 e. The Labute approximate surface area is 225 Å². The van der Waals surface area contributed by atoms with Gasteiger partial charge in [0.1, 0.15) is 19.6 Å². The molecule has 0 bridgehead atoms. The van der Waals surface area contributed by atoms with Gasteiger partial charge in [0.2, 0.25) is 0 Å². The van der Waals surface area contributed by atoms with E-state index in [1.54, 1.807) is 12.2 Å². The van der Waals surface area contributed by atoms with Crippen molar-refractivity contribution < 1.29 is 8.78 Å². The Morgan fingerprint density at radius 2 is 1.13 bits per heavy atom. The van der Waals surface area contributed by atoms with E-state index in [1.807, 2.05) is 54.6 Å². The minimum atomic E-state index is -2.00. The van der Waals surface area contributed by atoms with E-state index >= 15 is 8.78 Å². The smallest absolute Gasteiger partial charge is 0.138 e. The van der Waals surface area contributed by atoms with Gasteiger partial charge in [0.25, 0.3) is 0 Å². The van der Waals surface area contributed by atoms with Gasteiger partial charge < -0.3 is 0 Å². The number of benzene rings is 4. The highest BCUT2D eigenvalue weighted by molar-refractivity contribution is 7.02. The zero-order chi connectivity index (χ0) is 26.0. The maximum Gasteiger partial charge on any atom is 0.138 e. The third kappa shape index (κ3) is 4.50. The minimum Gasteiger partial charge on any atom is -0.239 e. The minimum absolute atomic E-state index is 0.177. The zero-order valence-electron chi connectivity index (χ0n) is 21.5. The number of halogens is 2. The summed E-state index contributed by atoms with van der Waals surface area (Å²) in [4.78, 5) is 0. The second kappa shape index (κ2) is 10.3. The van der Waals surface area contributed by atoms with E-state index in [1.165, 1.54) is 10.4 Å².